The van der Waals surface area contributed by atoms with Gasteiger partial charge in [-0.05, 0) is 36.2 Å². The van der Waals surface area contributed by atoms with Crippen molar-refractivity contribution >= 4 is 5.91 Å². The highest BCUT2D eigenvalue weighted by Crippen LogP contribution is 2.32. The van der Waals surface area contributed by atoms with Crippen LogP contribution in [-0.4, -0.2) is 48.5 Å². The van der Waals surface area contributed by atoms with E-state index in [1.165, 1.54) is 12.1 Å². The summed E-state index contributed by atoms with van der Waals surface area (Å²) < 4.78 is 45.0. The molecule has 3 rings (SSSR count). The van der Waals surface area contributed by atoms with E-state index in [1.54, 1.807) is 17.0 Å². The van der Waals surface area contributed by atoms with E-state index in [1.807, 2.05) is 30.0 Å². The van der Waals surface area contributed by atoms with Crippen LogP contribution in [0.25, 0.3) is 0 Å². The average Bonchev–Trinajstić information content (AvgIpc) is 2.66. The van der Waals surface area contributed by atoms with E-state index in [0.29, 0.717) is 31.9 Å². The molecular formula is C21H23F3N2O2. The lowest BCUT2D eigenvalue weighted by atomic mass is 10.1. The van der Waals surface area contributed by atoms with E-state index in [-0.39, 0.29) is 24.6 Å². The van der Waals surface area contributed by atoms with Crippen molar-refractivity contribution in [1.29, 1.82) is 0 Å². The number of rotatable bonds is 5. The average molecular weight is 392 g/mol. The number of piperazine rings is 1. The number of amides is 1. The second kappa shape index (κ2) is 8.65. The summed E-state index contributed by atoms with van der Waals surface area (Å²) in [5, 5.41) is 0. The van der Waals surface area contributed by atoms with E-state index < -0.39 is 11.7 Å². The number of alkyl halides is 3. The number of hydrogen-bond donors (Lipinski definition) is 0. The molecule has 1 heterocycles. The number of nitrogens with zero attached hydrogens (tertiary/aromatic N) is 2. The molecule has 1 amide bonds. The fourth-order valence-corrected chi connectivity index (χ4v) is 3.27. The predicted molar refractivity (Wildman–Crippen MR) is 100.0 cm³/mol. The highest BCUT2D eigenvalue weighted by Gasteiger charge is 2.33. The highest BCUT2D eigenvalue weighted by atomic mass is 19.4. The van der Waals surface area contributed by atoms with Gasteiger partial charge >= 0.3 is 6.18 Å². The van der Waals surface area contributed by atoms with Crippen LogP contribution in [0.5, 0.6) is 5.75 Å². The SMILES string of the molecule is Cc1cccc(OCC(=O)N2CCN(Cc3ccccc3C(F)(F)F)CC2)c1. The maximum Gasteiger partial charge on any atom is 0.416 e. The quantitative estimate of drug-likeness (QED) is 0.777. The van der Waals surface area contributed by atoms with Gasteiger partial charge in [0.1, 0.15) is 5.75 Å². The predicted octanol–water partition coefficient (Wildman–Crippen LogP) is 3.74. The number of benzene rings is 2. The van der Waals surface area contributed by atoms with Gasteiger partial charge in [0.2, 0.25) is 0 Å². The molecule has 0 unspecified atom stereocenters. The second-order valence-corrected chi connectivity index (χ2v) is 6.92. The van der Waals surface area contributed by atoms with Crippen LogP contribution in [0.15, 0.2) is 48.5 Å². The van der Waals surface area contributed by atoms with Gasteiger partial charge in [0.25, 0.3) is 5.91 Å². The smallest absolute Gasteiger partial charge is 0.416 e. The molecule has 2 aromatic rings. The maximum atomic E-state index is 13.1. The fraction of sp³-hybridized carbons (Fsp3) is 0.381. The van der Waals surface area contributed by atoms with Crippen LogP contribution in [-0.2, 0) is 17.5 Å². The topological polar surface area (TPSA) is 32.8 Å². The monoisotopic (exact) mass is 392 g/mol. The zero-order valence-corrected chi connectivity index (χ0v) is 15.7. The zero-order chi connectivity index (χ0) is 20.1. The van der Waals surface area contributed by atoms with E-state index in [4.69, 9.17) is 4.74 Å². The molecule has 0 radical (unpaired) electrons. The minimum Gasteiger partial charge on any atom is -0.484 e. The normalized spacial score (nSPS) is 15.5. The van der Waals surface area contributed by atoms with Gasteiger partial charge in [0.15, 0.2) is 6.61 Å². The molecule has 0 saturated carbocycles. The first-order valence-electron chi connectivity index (χ1n) is 9.17. The molecular weight excluding hydrogens is 369 g/mol. The zero-order valence-electron chi connectivity index (χ0n) is 15.7. The Bertz CT molecular complexity index is 815. The van der Waals surface area contributed by atoms with Crippen molar-refractivity contribution in [3.8, 4) is 5.75 Å². The van der Waals surface area contributed by atoms with Crippen molar-refractivity contribution in [3.05, 3.63) is 65.2 Å². The second-order valence-electron chi connectivity index (χ2n) is 6.92. The summed E-state index contributed by atoms with van der Waals surface area (Å²) in [6, 6.07) is 13.1. The number of ether oxygens (including phenoxy) is 1. The van der Waals surface area contributed by atoms with Crippen molar-refractivity contribution < 1.29 is 22.7 Å². The summed E-state index contributed by atoms with van der Waals surface area (Å²) in [6.07, 6.45) is -4.36. The van der Waals surface area contributed by atoms with Gasteiger partial charge in [0.05, 0.1) is 5.56 Å². The molecule has 1 saturated heterocycles. The van der Waals surface area contributed by atoms with Crippen LogP contribution in [0.3, 0.4) is 0 Å². The molecule has 150 valence electrons. The van der Waals surface area contributed by atoms with Gasteiger partial charge in [-0.15, -0.1) is 0 Å². The van der Waals surface area contributed by atoms with E-state index in [0.717, 1.165) is 11.6 Å². The van der Waals surface area contributed by atoms with Crippen LogP contribution in [0.1, 0.15) is 16.7 Å². The maximum absolute atomic E-state index is 13.1. The Morgan fingerprint density at radius 2 is 1.75 bits per heavy atom. The van der Waals surface area contributed by atoms with Gasteiger partial charge < -0.3 is 9.64 Å². The van der Waals surface area contributed by atoms with Gasteiger partial charge in [0, 0.05) is 32.7 Å². The van der Waals surface area contributed by atoms with Gasteiger partial charge in [-0.1, -0.05) is 30.3 Å². The summed E-state index contributed by atoms with van der Waals surface area (Å²) in [5.74, 6) is 0.535. The third kappa shape index (κ3) is 5.25. The van der Waals surface area contributed by atoms with Crippen molar-refractivity contribution in [3.63, 3.8) is 0 Å². The Morgan fingerprint density at radius 3 is 2.43 bits per heavy atom. The Labute approximate surface area is 162 Å². The van der Waals surface area contributed by atoms with Crippen LogP contribution in [0.2, 0.25) is 0 Å². The number of aryl methyl sites for hydroxylation is 1. The van der Waals surface area contributed by atoms with Crippen LogP contribution < -0.4 is 4.74 Å². The first-order valence-corrected chi connectivity index (χ1v) is 9.17. The lowest BCUT2D eigenvalue weighted by Crippen LogP contribution is -2.49. The molecule has 1 fully saturated rings. The Morgan fingerprint density at radius 1 is 1.04 bits per heavy atom. The van der Waals surface area contributed by atoms with Gasteiger partial charge in [-0.2, -0.15) is 13.2 Å². The standard InChI is InChI=1S/C21H23F3N2O2/c1-16-5-4-7-18(13-16)28-15-20(27)26-11-9-25(10-12-26)14-17-6-2-3-8-19(17)21(22,23)24/h2-8,13H,9-12,14-15H2,1H3. The molecule has 28 heavy (non-hydrogen) atoms. The van der Waals surface area contributed by atoms with Gasteiger partial charge in [-0.3, -0.25) is 9.69 Å². The molecule has 0 aromatic heterocycles. The van der Waals surface area contributed by atoms with E-state index in [9.17, 15) is 18.0 Å². The Balaban J connectivity index is 1.50. The molecule has 0 bridgehead atoms. The lowest BCUT2D eigenvalue weighted by Gasteiger charge is -2.35. The fourth-order valence-electron chi connectivity index (χ4n) is 3.27. The molecule has 1 aliphatic rings. The number of halogens is 3. The van der Waals surface area contributed by atoms with Crippen molar-refractivity contribution in [2.45, 2.75) is 19.6 Å². The van der Waals surface area contributed by atoms with Gasteiger partial charge in [-0.25, -0.2) is 0 Å². The molecule has 4 nitrogen and oxygen atoms in total. The molecule has 0 aliphatic carbocycles. The Kier molecular flexibility index (Phi) is 6.24. The van der Waals surface area contributed by atoms with E-state index in [2.05, 4.69) is 0 Å². The summed E-state index contributed by atoms with van der Waals surface area (Å²) in [7, 11) is 0. The van der Waals surface area contributed by atoms with Crippen molar-refractivity contribution in [2.75, 3.05) is 32.8 Å². The number of carbonyl (C=O) groups excluding carboxylic acids is 1. The summed E-state index contributed by atoms with van der Waals surface area (Å²) >= 11 is 0. The number of hydrogen-bond acceptors (Lipinski definition) is 3. The molecule has 7 heteroatoms. The molecule has 1 aliphatic heterocycles. The van der Waals surface area contributed by atoms with Crippen molar-refractivity contribution in [1.82, 2.24) is 9.80 Å². The van der Waals surface area contributed by atoms with Crippen molar-refractivity contribution in [2.24, 2.45) is 0 Å². The third-order valence-electron chi connectivity index (χ3n) is 4.79. The molecule has 0 N–H and O–H groups in total. The van der Waals surface area contributed by atoms with E-state index >= 15 is 0 Å². The first-order chi connectivity index (χ1) is 13.3. The first kappa shape index (κ1) is 20.2. The summed E-state index contributed by atoms with van der Waals surface area (Å²) in [6.45, 7) is 4.14. The molecule has 0 atom stereocenters. The highest BCUT2D eigenvalue weighted by molar-refractivity contribution is 5.77. The minimum atomic E-state index is -4.36. The Hall–Kier alpha value is -2.54. The van der Waals surface area contributed by atoms with Crippen LogP contribution in [0, 0.1) is 6.92 Å². The van der Waals surface area contributed by atoms with Crippen LogP contribution in [0.4, 0.5) is 13.2 Å². The van der Waals surface area contributed by atoms with Crippen LogP contribution >= 0.6 is 0 Å². The number of carbonyl (C=O) groups is 1. The summed E-state index contributed by atoms with van der Waals surface area (Å²) in [5.41, 5.74) is 0.718. The molecule has 0 spiro atoms. The summed E-state index contributed by atoms with van der Waals surface area (Å²) in [4.78, 5) is 16.0. The largest absolute Gasteiger partial charge is 0.484 e. The molecule has 2 aromatic carbocycles. The third-order valence-corrected chi connectivity index (χ3v) is 4.79. The minimum absolute atomic E-state index is 0.0413. The lowest BCUT2D eigenvalue weighted by molar-refractivity contribution is -0.138.